The smallest absolute Gasteiger partial charge is 0.305 e. The number of aldehydes is 1. The molecule has 0 radical (unpaired) electrons. The van der Waals surface area contributed by atoms with Crippen LogP contribution >= 0.6 is 0 Å². The van der Waals surface area contributed by atoms with Gasteiger partial charge in [0.2, 0.25) is 17.6 Å². The third-order valence-electron chi connectivity index (χ3n) is 5.60. The van der Waals surface area contributed by atoms with Crippen LogP contribution in [0, 0.1) is 0 Å². The third-order valence-corrected chi connectivity index (χ3v) is 5.60. The van der Waals surface area contributed by atoms with E-state index in [9.17, 15) is 33.6 Å². The van der Waals surface area contributed by atoms with Crippen LogP contribution in [-0.2, 0) is 28.8 Å². The Labute approximate surface area is 194 Å². The van der Waals surface area contributed by atoms with Gasteiger partial charge in [-0.15, -0.1) is 0 Å². The van der Waals surface area contributed by atoms with Gasteiger partial charge in [-0.2, -0.15) is 0 Å². The van der Waals surface area contributed by atoms with Crippen molar-refractivity contribution in [1.29, 1.82) is 0 Å². The summed E-state index contributed by atoms with van der Waals surface area (Å²) in [5.74, 6) is -5.15. The van der Waals surface area contributed by atoms with Crippen LogP contribution in [0.3, 0.4) is 0 Å². The van der Waals surface area contributed by atoms with E-state index in [4.69, 9.17) is 5.11 Å². The third kappa shape index (κ3) is 5.45. The van der Waals surface area contributed by atoms with Gasteiger partial charge in [0.15, 0.2) is 0 Å². The fraction of sp³-hybridized carbons (Fsp3) is 0.409. The SMILES string of the molecule is O=C[C@@H](CC(=O)O)NC(=O)[C@@H]1CCCN2C(=O)CC[C@H](NC(=O)C(=O)c3ccccc3)C(=O)N12. The summed E-state index contributed by atoms with van der Waals surface area (Å²) in [6, 6.07) is 4.02. The number of carboxylic acid groups (broad SMARTS) is 1. The number of rotatable bonds is 8. The van der Waals surface area contributed by atoms with Gasteiger partial charge in [0.05, 0.1) is 12.5 Å². The fourth-order valence-electron chi connectivity index (χ4n) is 3.95. The Hall–Kier alpha value is -4.09. The van der Waals surface area contributed by atoms with Gasteiger partial charge in [-0.3, -0.25) is 33.8 Å². The van der Waals surface area contributed by atoms with Gasteiger partial charge in [0.1, 0.15) is 18.4 Å². The molecule has 180 valence electrons. The zero-order chi connectivity index (χ0) is 24.8. The Morgan fingerprint density at radius 3 is 2.47 bits per heavy atom. The summed E-state index contributed by atoms with van der Waals surface area (Å²) in [5.41, 5.74) is 0.132. The van der Waals surface area contributed by atoms with Gasteiger partial charge in [-0.25, -0.2) is 5.01 Å². The van der Waals surface area contributed by atoms with Crippen LogP contribution < -0.4 is 10.6 Å². The summed E-state index contributed by atoms with van der Waals surface area (Å²) in [5, 5.41) is 15.6. The zero-order valence-corrected chi connectivity index (χ0v) is 18.1. The molecular formula is C22H24N4O8. The molecule has 2 fully saturated rings. The summed E-state index contributed by atoms with van der Waals surface area (Å²) in [6.07, 6.45) is 0.0182. The predicted molar refractivity (Wildman–Crippen MR) is 114 cm³/mol. The van der Waals surface area contributed by atoms with E-state index in [-0.39, 0.29) is 37.7 Å². The van der Waals surface area contributed by atoms with Crippen molar-refractivity contribution in [2.24, 2.45) is 0 Å². The number of carboxylic acids is 1. The highest BCUT2D eigenvalue weighted by molar-refractivity contribution is 6.43. The van der Waals surface area contributed by atoms with E-state index < -0.39 is 59.9 Å². The number of hydrogen-bond acceptors (Lipinski definition) is 7. The summed E-state index contributed by atoms with van der Waals surface area (Å²) in [6.45, 7) is 0.171. The highest BCUT2D eigenvalue weighted by Crippen LogP contribution is 2.25. The molecule has 0 bridgehead atoms. The monoisotopic (exact) mass is 472 g/mol. The molecule has 0 aromatic heterocycles. The number of hydrogen-bond donors (Lipinski definition) is 3. The highest BCUT2D eigenvalue weighted by atomic mass is 16.4. The first-order valence-corrected chi connectivity index (χ1v) is 10.7. The normalized spacial score (nSPS) is 21.1. The zero-order valence-electron chi connectivity index (χ0n) is 18.1. The Morgan fingerprint density at radius 1 is 1.12 bits per heavy atom. The topological polar surface area (TPSA) is 170 Å². The minimum atomic E-state index is -1.31. The first-order chi connectivity index (χ1) is 16.2. The molecule has 1 aromatic carbocycles. The van der Waals surface area contributed by atoms with Gasteiger partial charge < -0.3 is 20.5 Å². The van der Waals surface area contributed by atoms with Crippen molar-refractivity contribution in [1.82, 2.24) is 20.7 Å². The average Bonchev–Trinajstić information content (AvgIpc) is 2.95. The molecule has 12 heteroatoms. The van der Waals surface area contributed by atoms with Crippen LogP contribution in [0.25, 0.3) is 0 Å². The van der Waals surface area contributed by atoms with Crippen molar-refractivity contribution in [2.75, 3.05) is 6.54 Å². The second-order valence-corrected chi connectivity index (χ2v) is 7.97. The van der Waals surface area contributed by atoms with E-state index >= 15 is 0 Å². The Kier molecular flexibility index (Phi) is 7.71. The van der Waals surface area contributed by atoms with Gasteiger partial charge >= 0.3 is 5.97 Å². The number of benzene rings is 1. The van der Waals surface area contributed by atoms with Crippen LogP contribution in [0.2, 0.25) is 0 Å². The lowest BCUT2D eigenvalue weighted by Gasteiger charge is -2.43. The minimum Gasteiger partial charge on any atom is -0.481 e. The summed E-state index contributed by atoms with van der Waals surface area (Å²) < 4.78 is 0. The first kappa shape index (κ1) is 24.6. The first-order valence-electron chi connectivity index (χ1n) is 10.7. The van der Waals surface area contributed by atoms with Crippen molar-refractivity contribution in [3.63, 3.8) is 0 Å². The molecule has 1 aromatic rings. The Morgan fingerprint density at radius 2 is 1.82 bits per heavy atom. The average molecular weight is 472 g/mol. The second-order valence-electron chi connectivity index (χ2n) is 7.97. The van der Waals surface area contributed by atoms with Crippen LogP contribution in [0.5, 0.6) is 0 Å². The van der Waals surface area contributed by atoms with Crippen LogP contribution in [0.15, 0.2) is 30.3 Å². The molecule has 0 unspecified atom stereocenters. The van der Waals surface area contributed by atoms with Gasteiger partial charge in [-0.05, 0) is 19.3 Å². The number of ketones is 1. The number of nitrogens with one attached hydrogen (secondary N) is 2. The lowest BCUT2D eigenvalue weighted by molar-refractivity contribution is -0.176. The summed E-state index contributed by atoms with van der Waals surface area (Å²) >= 11 is 0. The quantitative estimate of drug-likeness (QED) is 0.247. The van der Waals surface area contributed by atoms with E-state index in [1.807, 2.05) is 0 Å². The molecular weight excluding hydrogens is 448 g/mol. The number of aliphatic carboxylic acids is 1. The van der Waals surface area contributed by atoms with Crippen LogP contribution in [0.4, 0.5) is 0 Å². The standard InChI is InChI=1S/C22H24N4O8/c27-12-14(11-18(29)30)23-20(32)16-7-4-10-25-17(28)9-8-15(22(34)26(16)25)24-21(33)19(31)13-5-2-1-3-6-13/h1-3,5-6,12,14-16H,4,7-11H2,(H,23,32)(H,24,33)(H,29,30)/t14-,15+,16+/m1/s1. The predicted octanol–water partition coefficient (Wildman–Crippen LogP) is -0.959. The molecule has 34 heavy (non-hydrogen) atoms. The molecule has 3 N–H and O–H groups in total. The maximum Gasteiger partial charge on any atom is 0.305 e. The van der Waals surface area contributed by atoms with Crippen molar-refractivity contribution in [3.05, 3.63) is 35.9 Å². The summed E-state index contributed by atoms with van der Waals surface area (Å²) in [4.78, 5) is 85.8. The fourth-order valence-corrected chi connectivity index (χ4v) is 3.95. The molecule has 0 spiro atoms. The Balaban J connectivity index is 1.79. The van der Waals surface area contributed by atoms with Crippen molar-refractivity contribution in [2.45, 2.75) is 50.2 Å². The molecule has 3 rings (SSSR count). The minimum absolute atomic E-state index is 0.0667. The number of carbonyl (C=O) groups is 7. The molecule has 2 heterocycles. The number of Topliss-reactive ketones (excluding diaryl/α,β-unsaturated/α-hetero) is 1. The van der Waals surface area contributed by atoms with Crippen molar-refractivity contribution < 1.29 is 38.7 Å². The Bertz CT molecular complexity index is 1010. The maximum atomic E-state index is 13.3. The van der Waals surface area contributed by atoms with Crippen molar-refractivity contribution >= 4 is 41.7 Å². The number of fused-ring (bicyclic) bond motifs is 1. The van der Waals surface area contributed by atoms with Crippen molar-refractivity contribution in [3.8, 4) is 0 Å². The largest absolute Gasteiger partial charge is 0.481 e. The van der Waals surface area contributed by atoms with E-state index in [0.29, 0.717) is 6.42 Å². The lowest BCUT2D eigenvalue weighted by Crippen LogP contribution is -2.64. The molecule has 4 amide bonds. The second kappa shape index (κ2) is 10.7. The molecule has 2 aliphatic heterocycles. The number of nitrogens with zero attached hydrogens (tertiary/aromatic N) is 2. The van der Waals surface area contributed by atoms with E-state index in [1.54, 1.807) is 18.2 Å². The van der Waals surface area contributed by atoms with Gasteiger partial charge in [-0.1, -0.05) is 30.3 Å². The molecule has 0 aliphatic carbocycles. The van der Waals surface area contributed by atoms with E-state index in [0.717, 1.165) is 10.0 Å². The van der Waals surface area contributed by atoms with Crippen LogP contribution in [-0.4, -0.2) is 81.5 Å². The van der Waals surface area contributed by atoms with Gasteiger partial charge in [0, 0.05) is 18.5 Å². The summed E-state index contributed by atoms with van der Waals surface area (Å²) in [7, 11) is 0. The maximum absolute atomic E-state index is 13.3. The molecule has 2 saturated heterocycles. The molecule has 3 atom stereocenters. The highest BCUT2D eigenvalue weighted by Gasteiger charge is 2.45. The number of amides is 4. The van der Waals surface area contributed by atoms with E-state index in [2.05, 4.69) is 10.6 Å². The number of carbonyl (C=O) groups excluding carboxylic acids is 6. The molecule has 0 saturated carbocycles. The molecule has 2 aliphatic rings. The molecule has 12 nitrogen and oxygen atoms in total. The lowest BCUT2D eigenvalue weighted by atomic mass is 10.0. The number of hydrazine groups is 1. The van der Waals surface area contributed by atoms with E-state index in [1.165, 1.54) is 12.1 Å². The van der Waals surface area contributed by atoms with Crippen LogP contribution in [0.1, 0.15) is 42.5 Å². The van der Waals surface area contributed by atoms with Gasteiger partial charge in [0.25, 0.3) is 11.8 Å².